The predicted molar refractivity (Wildman–Crippen MR) is 67.5 cm³/mol. The van der Waals surface area contributed by atoms with Crippen molar-refractivity contribution in [1.29, 1.82) is 0 Å². The van der Waals surface area contributed by atoms with E-state index < -0.39 is 0 Å². The van der Waals surface area contributed by atoms with Crippen LogP contribution < -0.4 is 10.5 Å². The summed E-state index contributed by atoms with van der Waals surface area (Å²) in [4.78, 5) is 4.15. The van der Waals surface area contributed by atoms with Gasteiger partial charge in [0.1, 0.15) is 12.4 Å². The van der Waals surface area contributed by atoms with Gasteiger partial charge in [-0.25, -0.2) is 4.99 Å². The third-order valence-corrected chi connectivity index (χ3v) is 2.71. The van der Waals surface area contributed by atoms with E-state index >= 15 is 0 Å². The minimum atomic E-state index is 0.0386. The van der Waals surface area contributed by atoms with Crippen molar-refractivity contribution in [2.24, 2.45) is 10.7 Å². The Balaban J connectivity index is 1.87. The third kappa shape index (κ3) is 3.53. The second-order valence-electron chi connectivity index (χ2n) is 4.05. The van der Waals surface area contributed by atoms with Crippen molar-refractivity contribution in [3.63, 3.8) is 0 Å². The molecule has 0 radical (unpaired) electrons. The topological polar surface area (TPSA) is 56.8 Å². The zero-order valence-corrected chi connectivity index (χ0v) is 10.4. The first-order valence-electron chi connectivity index (χ1n) is 5.52. The average molecular weight is 255 g/mol. The maximum Gasteiger partial charge on any atom is 0.282 e. The van der Waals surface area contributed by atoms with Crippen LogP contribution >= 0.6 is 11.6 Å². The van der Waals surface area contributed by atoms with Crippen LogP contribution in [0.3, 0.4) is 0 Å². The molecule has 1 aliphatic rings. The Labute approximate surface area is 105 Å². The fourth-order valence-electron chi connectivity index (χ4n) is 1.76. The van der Waals surface area contributed by atoms with Gasteiger partial charge in [-0.15, -0.1) is 0 Å². The fraction of sp³-hybridized carbons (Fsp3) is 0.417. The van der Waals surface area contributed by atoms with E-state index in [1.807, 2.05) is 25.1 Å². The van der Waals surface area contributed by atoms with E-state index in [1.54, 1.807) is 6.07 Å². The molecule has 0 unspecified atom stereocenters. The molecule has 0 saturated heterocycles. The Morgan fingerprint density at radius 3 is 3.12 bits per heavy atom. The number of nitrogens with zero attached hydrogens (tertiary/aromatic N) is 1. The van der Waals surface area contributed by atoms with E-state index in [-0.39, 0.29) is 18.2 Å². The minimum absolute atomic E-state index is 0.0386. The SMILES string of the molecule is C[C@H](C[C@H]1COC(N)=N1)Oc1cccc(Cl)c1. The summed E-state index contributed by atoms with van der Waals surface area (Å²) >= 11 is 5.88. The monoisotopic (exact) mass is 254 g/mol. The number of hydrogen-bond acceptors (Lipinski definition) is 4. The molecule has 0 bridgehead atoms. The number of benzene rings is 1. The molecule has 1 aliphatic heterocycles. The molecule has 0 amide bonds. The van der Waals surface area contributed by atoms with Crippen LogP contribution in [0.15, 0.2) is 29.3 Å². The Bertz CT molecular complexity index is 423. The standard InChI is InChI=1S/C12H15ClN2O2/c1-8(5-10-7-16-12(14)15-10)17-11-4-2-3-9(13)6-11/h2-4,6,8,10H,5,7H2,1H3,(H2,14,15)/t8-,10+/m1/s1. The van der Waals surface area contributed by atoms with Crippen molar-refractivity contribution in [2.75, 3.05) is 6.61 Å². The summed E-state index contributed by atoms with van der Waals surface area (Å²) in [5.74, 6) is 0.765. The number of rotatable bonds is 4. The normalized spacial score (nSPS) is 20.6. The first kappa shape index (κ1) is 12.0. The lowest BCUT2D eigenvalue weighted by Crippen LogP contribution is -2.20. The number of hydrogen-bond donors (Lipinski definition) is 1. The molecule has 0 saturated carbocycles. The maximum atomic E-state index is 5.88. The van der Waals surface area contributed by atoms with Crippen LogP contribution in [0.25, 0.3) is 0 Å². The van der Waals surface area contributed by atoms with Crippen LogP contribution in [-0.2, 0) is 4.74 Å². The van der Waals surface area contributed by atoms with Gasteiger partial charge in [0.25, 0.3) is 6.02 Å². The second-order valence-corrected chi connectivity index (χ2v) is 4.49. The van der Waals surface area contributed by atoms with Crippen LogP contribution in [0, 0.1) is 0 Å². The molecule has 0 spiro atoms. The molecular formula is C12H15ClN2O2. The van der Waals surface area contributed by atoms with Gasteiger partial charge in [0.15, 0.2) is 0 Å². The number of ether oxygens (including phenoxy) is 2. The molecule has 0 fully saturated rings. The van der Waals surface area contributed by atoms with Gasteiger partial charge in [-0.2, -0.15) is 0 Å². The van der Waals surface area contributed by atoms with Crippen LogP contribution in [0.1, 0.15) is 13.3 Å². The summed E-state index contributed by atoms with van der Waals surface area (Å²) < 4.78 is 10.8. The number of nitrogens with two attached hydrogens (primary N) is 1. The highest BCUT2D eigenvalue weighted by Crippen LogP contribution is 2.20. The van der Waals surface area contributed by atoms with Gasteiger partial charge in [0.05, 0.1) is 12.1 Å². The Kier molecular flexibility index (Phi) is 3.74. The molecule has 0 aliphatic carbocycles. The minimum Gasteiger partial charge on any atom is -0.491 e. The van der Waals surface area contributed by atoms with Crippen molar-refractivity contribution in [2.45, 2.75) is 25.5 Å². The zero-order valence-electron chi connectivity index (χ0n) is 9.60. The number of amidine groups is 1. The number of halogens is 1. The molecule has 4 nitrogen and oxygen atoms in total. The van der Waals surface area contributed by atoms with E-state index in [1.165, 1.54) is 0 Å². The van der Waals surface area contributed by atoms with Crippen molar-refractivity contribution in [1.82, 2.24) is 0 Å². The van der Waals surface area contributed by atoms with Gasteiger partial charge in [0.2, 0.25) is 0 Å². The maximum absolute atomic E-state index is 5.88. The lowest BCUT2D eigenvalue weighted by atomic mass is 10.1. The Morgan fingerprint density at radius 1 is 1.65 bits per heavy atom. The summed E-state index contributed by atoms with van der Waals surface area (Å²) in [7, 11) is 0. The van der Waals surface area contributed by atoms with Crippen molar-refractivity contribution < 1.29 is 9.47 Å². The Hall–Kier alpha value is -1.42. The molecule has 0 aromatic heterocycles. The van der Waals surface area contributed by atoms with Gasteiger partial charge in [0, 0.05) is 11.4 Å². The summed E-state index contributed by atoms with van der Waals surface area (Å²) in [5, 5.41) is 0.668. The molecular weight excluding hydrogens is 240 g/mol. The smallest absolute Gasteiger partial charge is 0.282 e. The van der Waals surface area contributed by atoms with E-state index in [0.717, 1.165) is 12.2 Å². The largest absolute Gasteiger partial charge is 0.491 e. The second kappa shape index (κ2) is 5.27. The summed E-state index contributed by atoms with van der Waals surface area (Å²) in [6.07, 6.45) is 0.810. The fourth-order valence-corrected chi connectivity index (χ4v) is 1.94. The molecule has 1 aromatic carbocycles. The first-order chi connectivity index (χ1) is 8.13. The summed E-state index contributed by atoms with van der Waals surface area (Å²) in [5.41, 5.74) is 5.44. The highest BCUT2D eigenvalue weighted by atomic mass is 35.5. The molecule has 1 heterocycles. The van der Waals surface area contributed by atoms with Crippen LogP contribution in [0.2, 0.25) is 5.02 Å². The Morgan fingerprint density at radius 2 is 2.47 bits per heavy atom. The van der Waals surface area contributed by atoms with Gasteiger partial charge in [-0.1, -0.05) is 17.7 Å². The predicted octanol–water partition coefficient (Wildman–Crippen LogP) is 2.21. The first-order valence-corrected chi connectivity index (χ1v) is 5.89. The molecule has 2 N–H and O–H groups in total. The van der Waals surface area contributed by atoms with Gasteiger partial charge in [-0.05, 0) is 25.1 Å². The highest BCUT2D eigenvalue weighted by molar-refractivity contribution is 6.30. The lowest BCUT2D eigenvalue weighted by Gasteiger charge is -2.16. The van der Waals surface area contributed by atoms with Gasteiger partial charge < -0.3 is 15.2 Å². The van der Waals surface area contributed by atoms with Crippen molar-refractivity contribution in [3.8, 4) is 5.75 Å². The van der Waals surface area contributed by atoms with Crippen molar-refractivity contribution >= 4 is 17.6 Å². The molecule has 17 heavy (non-hydrogen) atoms. The third-order valence-electron chi connectivity index (χ3n) is 2.47. The molecule has 1 aromatic rings. The molecule has 5 heteroatoms. The zero-order chi connectivity index (χ0) is 12.3. The van der Waals surface area contributed by atoms with Gasteiger partial charge >= 0.3 is 0 Å². The van der Waals surface area contributed by atoms with Crippen LogP contribution in [-0.4, -0.2) is 24.8 Å². The van der Waals surface area contributed by atoms with Gasteiger partial charge in [-0.3, -0.25) is 0 Å². The van der Waals surface area contributed by atoms with E-state index in [2.05, 4.69) is 4.99 Å². The molecule has 2 rings (SSSR count). The average Bonchev–Trinajstić information content (AvgIpc) is 2.63. The molecule has 2 atom stereocenters. The highest BCUT2D eigenvalue weighted by Gasteiger charge is 2.20. The van der Waals surface area contributed by atoms with E-state index in [9.17, 15) is 0 Å². The van der Waals surface area contributed by atoms with E-state index in [0.29, 0.717) is 11.6 Å². The number of aliphatic imine (C=N–C) groups is 1. The van der Waals surface area contributed by atoms with E-state index in [4.69, 9.17) is 26.8 Å². The van der Waals surface area contributed by atoms with Crippen LogP contribution in [0.4, 0.5) is 0 Å². The quantitative estimate of drug-likeness (QED) is 0.896. The summed E-state index contributed by atoms with van der Waals surface area (Å²) in [6, 6.07) is 7.70. The molecule has 92 valence electrons. The van der Waals surface area contributed by atoms with Crippen LogP contribution in [0.5, 0.6) is 5.75 Å². The lowest BCUT2D eigenvalue weighted by molar-refractivity contribution is 0.189. The van der Waals surface area contributed by atoms with Crippen molar-refractivity contribution in [3.05, 3.63) is 29.3 Å². The summed E-state index contributed by atoms with van der Waals surface area (Å²) in [6.45, 7) is 2.53.